The maximum absolute atomic E-state index is 9.64. The average Bonchev–Trinajstić information content (AvgIpc) is 2.17. The minimum atomic E-state index is 0.293. The number of phenols is 1. The molecule has 0 spiro atoms. The van der Waals surface area contributed by atoms with Gasteiger partial charge in [-0.1, -0.05) is 32.3 Å². The molecule has 0 heterocycles. The minimum absolute atomic E-state index is 0.293. The molecule has 1 N–H and O–H groups in total. The Bertz CT molecular complexity index is 328. The van der Waals surface area contributed by atoms with E-state index >= 15 is 0 Å². The Morgan fingerprint density at radius 1 is 1.07 bits per heavy atom. The Hall–Kier alpha value is -0.980. The van der Waals surface area contributed by atoms with E-state index in [9.17, 15) is 5.11 Å². The molecule has 1 nitrogen and oxygen atoms in total. The van der Waals surface area contributed by atoms with Crippen LogP contribution in [0.2, 0.25) is 0 Å². The van der Waals surface area contributed by atoms with Gasteiger partial charge in [0, 0.05) is 0 Å². The number of hydrogen-bond donors (Lipinski definition) is 1. The molecule has 0 atom stereocenters. The van der Waals surface area contributed by atoms with Crippen molar-refractivity contribution in [1.82, 2.24) is 0 Å². The molecule has 0 aliphatic heterocycles. The maximum Gasteiger partial charge on any atom is 0.116 e. The van der Waals surface area contributed by atoms with Crippen LogP contribution in [0, 0.1) is 6.92 Å². The number of aryl methyl sites for hydroxylation is 1. The molecule has 0 radical (unpaired) electrons. The van der Waals surface area contributed by atoms with Gasteiger partial charge in [0.2, 0.25) is 0 Å². The van der Waals surface area contributed by atoms with E-state index in [-0.39, 0.29) is 0 Å². The van der Waals surface area contributed by atoms with Gasteiger partial charge in [-0.3, -0.25) is 0 Å². The van der Waals surface area contributed by atoms with Crippen molar-refractivity contribution in [2.45, 2.75) is 51.4 Å². The normalized spacial score (nSPS) is 20.1. The summed E-state index contributed by atoms with van der Waals surface area (Å²) in [7, 11) is 0. The molecule has 1 aliphatic rings. The van der Waals surface area contributed by atoms with Gasteiger partial charge in [0.05, 0.1) is 0 Å². The predicted molar refractivity (Wildman–Crippen MR) is 63.3 cm³/mol. The summed E-state index contributed by atoms with van der Waals surface area (Å²) in [6.45, 7) is 4.38. The van der Waals surface area contributed by atoms with Gasteiger partial charge in [-0.25, -0.2) is 0 Å². The summed E-state index contributed by atoms with van der Waals surface area (Å²) in [5.74, 6) is 0.414. The second kappa shape index (κ2) is 3.88. The monoisotopic (exact) mass is 204 g/mol. The van der Waals surface area contributed by atoms with Crippen LogP contribution in [0.5, 0.6) is 5.75 Å². The van der Waals surface area contributed by atoms with Crippen molar-refractivity contribution in [3.05, 3.63) is 29.3 Å². The summed E-state index contributed by atoms with van der Waals surface area (Å²) in [5.41, 5.74) is 2.78. The van der Waals surface area contributed by atoms with Crippen LogP contribution < -0.4 is 0 Å². The van der Waals surface area contributed by atoms with Gasteiger partial charge in [-0.05, 0) is 48.4 Å². The highest BCUT2D eigenvalue weighted by Crippen LogP contribution is 2.40. The van der Waals surface area contributed by atoms with Crippen LogP contribution in [0.1, 0.15) is 50.2 Å². The van der Waals surface area contributed by atoms with E-state index in [0.29, 0.717) is 11.2 Å². The third-order valence-electron chi connectivity index (χ3n) is 3.72. The van der Waals surface area contributed by atoms with Gasteiger partial charge in [0.1, 0.15) is 5.75 Å². The van der Waals surface area contributed by atoms with E-state index in [1.807, 2.05) is 12.1 Å². The molecule has 1 saturated carbocycles. The lowest BCUT2D eigenvalue weighted by atomic mass is 9.71. The van der Waals surface area contributed by atoms with Crippen LogP contribution in [0.25, 0.3) is 0 Å². The minimum Gasteiger partial charge on any atom is -0.508 e. The molecule has 0 amide bonds. The number of aromatic hydroxyl groups is 1. The maximum atomic E-state index is 9.64. The van der Waals surface area contributed by atoms with Crippen LogP contribution in [-0.2, 0) is 5.41 Å². The van der Waals surface area contributed by atoms with Crippen molar-refractivity contribution >= 4 is 0 Å². The molecule has 1 aromatic rings. The number of hydrogen-bond acceptors (Lipinski definition) is 1. The number of rotatable bonds is 1. The topological polar surface area (TPSA) is 20.2 Å². The Morgan fingerprint density at radius 2 is 1.73 bits per heavy atom. The molecule has 1 fully saturated rings. The van der Waals surface area contributed by atoms with Gasteiger partial charge in [-0.15, -0.1) is 0 Å². The Kier molecular flexibility index (Phi) is 2.72. The summed E-state index contributed by atoms with van der Waals surface area (Å²) in [6, 6.07) is 6.00. The largest absolute Gasteiger partial charge is 0.508 e. The molecule has 0 unspecified atom stereocenters. The molecule has 1 heteroatoms. The van der Waals surface area contributed by atoms with E-state index in [2.05, 4.69) is 19.9 Å². The first-order chi connectivity index (χ1) is 7.10. The second-order valence-corrected chi connectivity index (χ2v) is 5.18. The van der Waals surface area contributed by atoms with E-state index in [4.69, 9.17) is 0 Å². The zero-order valence-electron chi connectivity index (χ0n) is 9.71. The van der Waals surface area contributed by atoms with E-state index in [1.54, 1.807) is 0 Å². The third kappa shape index (κ3) is 2.17. The summed E-state index contributed by atoms with van der Waals surface area (Å²) in [5, 5.41) is 9.64. The molecule has 0 saturated heterocycles. The summed E-state index contributed by atoms with van der Waals surface area (Å²) in [6.07, 6.45) is 6.54. The highest BCUT2D eigenvalue weighted by atomic mass is 16.3. The molecule has 2 rings (SSSR count). The summed E-state index contributed by atoms with van der Waals surface area (Å²) in [4.78, 5) is 0. The van der Waals surface area contributed by atoms with Crippen LogP contribution in [0.4, 0.5) is 0 Å². The second-order valence-electron chi connectivity index (χ2n) is 5.18. The molecule has 15 heavy (non-hydrogen) atoms. The van der Waals surface area contributed by atoms with Gasteiger partial charge >= 0.3 is 0 Å². The van der Waals surface area contributed by atoms with Crippen LogP contribution in [0.15, 0.2) is 18.2 Å². The third-order valence-corrected chi connectivity index (χ3v) is 3.72. The highest BCUT2D eigenvalue weighted by Gasteiger charge is 2.28. The first kappa shape index (κ1) is 10.5. The average molecular weight is 204 g/mol. The fourth-order valence-electron chi connectivity index (χ4n) is 2.73. The van der Waals surface area contributed by atoms with Gasteiger partial charge in [0.15, 0.2) is 0 Å². The van der Waals surface area contributed by atoms with Crippen LogP contribution >= 0.6 is 0 Å². The first-order valence-corrected chi connectivity index (χ1v) is 5.91. The van der Waals surface area contributed by atoms with Gasteiger partial charge in [-0.2, -0.15) is 0 Å². The Balaban J connectivity index is 2.34. The van der Waals surface area contributed by atoms with Crippen molar-refractivity contribution in [3.63, 3.8) is 0 Å². The summed E-state index contributed by atoms with van der Waals surface area (Å²) < 4.78 is 0. The SMILES string of the molecule is Cc1cc(O)cc(C2(C)CCCCC2)c1. The smallest absolute Gasteiger partial charge is 0.116 e. The molecular formula is C14H20O. The summed E-state index contributed by atoms with van der Waals surface area (Å²) >= 11 is 0. The lowest BCUT2D eigenvalue weighted by Gasteiger charge is -2.34. The molecule has 1 aliphatic carbocycles. The van der Waals surface area contributed by atoms with E-state index < -0.39 is 0 Å². The van der Waals surface area contributed by atoms with Gasteiger partial charge < -0.3 is 5.11 Å². The predicted octanol–water partition coefficient (Wildman–Crippen LogP) is 3.92. The molecule has 82 valence electrons. The van der Waals surface area contributed by atoms with Crippen molar-refractivity contribution in [3.8, 4) is 5.75 Å². The van der Waals surface area contributed by atoms with Crippen molar-refractivity contribution in [1.29, 1.82) is 0 Å². The zero-order chi connectivity index (χ0) is 10.9. The van der Waals surface area contributed by atoms with Crippen LogP contribution in [-0.4, -0.2) is 5.11 Å². The fraction of sp³-hybridized carbons (Fsp3) is 0.571. The fourth-order valence-corrected chi connectivity index (χ4v) is 2.73. The highest BCUT2D eigenvalue weighted by molar-refractivity contribution is 5.37. The standard InChI is InChI=1S/C14H20O/c1-11-8-12(10-13(15)9-11)14(2)6-4-3-5-7-14/h8-10,15H,3-7H2,1-2H3. The first-order valence-electron chi connectivity index (χ1n) is 5.91. The lowest BCUT2D eigenvalue weighted by molar-refractivity contribution is 0.318. The lowest BCUT2D eigenvalue weighted by Crippen LogP contribution is -2.24. The van der Waals surface area contributed by atoms with Crippen molar-refractivity contribution in [2.75, 3.05) is 0 Å². The Labute approximate surface area is 92.1 Å². The van der Waals surface area contributed by atoms with Crippen LogP contribution in [0.3, 0.4) is 0 Å². The Morgan fingerprint density at radius 3 is 2.33 bits per heavy atom. The van der Waals surface area contributed by atoms with E-state index in [1.165, 1.54) is 37.7 Å². The van der Waals surface area contributed by atoms with Gasteiger partial charge in [0.25, 0.3) is 0 Å². The van der Waals surface area contributed by atoms with E-state index in [0.717, 1.165) is 5.56 Å². The molecule has 0 aromatic heterocycles. The zero-order valence-corrected chi connectivity index (χ0v) is 9.71. The quantitative estimate of drug-likeness (QED) is 0.735. The number of benzene rings is 1. The molecule has 1 aromatic carbocycles. The van der Waals surface area contributed by atoms with Crippen molar-refractivity contribution < 1.29 is 5.11 Å². The molecule has 0 bridgehead atoms. The molecular weight excluding hydrogens is 184 g/mol. The van der Waals surface area contributed by atoms with Crippen molar-refractivity contribution in [2.24, 2.45) is 0 Å². The number of phenolic OH excluding ortho intramolecular Hbond substituents is 1.